The van der Waals surface area contributed by atoms with Crippen LogP contribution >= 0.6 is 11.6 Å². The summed E-state index contributed by atoms with van der Waals surface area (Å²) in [6, 6.07) is 22.5. The van der Waals surface area contributed by atoms with Gasteiger partial charge in [-0.25, -0.2) is 19.2 Å². The molecule has 2 saturated carbocycles. The van der Waals surface area contributed by atoms with Gasteiger partial charge in [0.25, 0.3) is 5.91 Å². The van der Waals surface area contributed by atoms with Crippen LogP contribution in [0.25, 0.3) is 0 Å². The minimum Gasteiger partial charge on any atom is -0.455 e. The number of methoxy groups -OCH3 is 1. The van der Waals surface area contributed by atoms with Crippen molar-refractivity contribution in [3.05, 3.63) is 119 Å². The maximum atomic E-state index is 15.9. The van der Waals surface area contributed by atoms with Gasteiger partial charge in [-0.2, -0.15) is 0 Å². The molecule has 1 aliphatic heterocycles. The van der Waals surface area contributed by atoms with Gasteiger partial charge in [-0.05, 0) is 54.8 Å². The summed E-state index contributed by atoms with van der Waals surface area (Å²) < 4.78 is 47.3. The van der Waals surface area contributed by atoms with Crippen LogP contribution in [-0.4, -0.2) is 120 Å². The molecule has 2 bridgehead atoms. The van der Waals surface area contributed by atoms with Crippen LogP contribution in [0.3, 0.4) is 0 Å². The van der Waals surface area contributed by atoms with Gasteiger partial charge in [-0.15, -0.1) is 0 Å². The number of carbonyl (C=O) groups excluding carboxylic acids is 8. The Labute approximate surface area is 408 Å². The summed E-state index contributed by atoms with van der Waals surface area (Å²) in [4.78, 5) is 112. The molecule has 3 aromatic rings. The Bertz CT molecular complexity index is 2570. The van der Waals surface area contributed by atoms with E-state index in [-0.39, 0.29) is 28.7 Å². The molecule has 0 unspecified atom stereocenters. The van der Waals surface area contributed by atoms with Crippen LogP contribution in [0.15, 0.2) is 102 Å². The van der Waals surface area contributed by atoms with Crippen LogP contribution in [0, 0.1) is 16.7 Å². The Morgan fingerprint density at radius 1 is 0.829 bits per heavy atom. The monoisotopic (exact) mass is 987 g/mol. The summed E-state index contributed by atoms with van der Waals surface area (Å²) in [7, 11) is 1.23. The van der Waals surface area contributed by atoms with Gasteiger partial charge in [0.1, 0.15) is 42.7 Å². The van der Waals surface area contributed by atoms with Crippen molar-refractivity contribution in [2.45, 2.75) is 108 Å². The lowest BCUT2D eigenvalue weighted by atomic mass is 9.44. The predicted molar refractivity (Wildman–Crippen MR) is 244 cm³/mol. The third-order valence-corrected chi connectivity index (χ3v) is 14.3. The molecule has 19 heteroatoms. The second-order valence-electron chi connectivity index (χ2n) is 18.6. The van der Waals surface area contributed by atoms with E-state index >= 15 is 9.59 Å². The molecule has 0 spiro atoms. The zero-order chi connectivity index (χ0) is 50.9. The van der Waals surface area contributed by atoms with E-state index in [2.05, 4.69) is 5.32 Å². The molecule has 1 saturated heterocycles. The quantitative estimate of drug-likeness (QED) is 0.0899. The summed E-state index contributed by atoms with van der Waals surface area (Å²) in [5.74, 6) is -8.35. The van der Waals surface area contributed by atoms with Gasteiger partial charge in [-0.1, -0.05) is 80.6 Å². The Morgan fingerprint density at radius 3 is 1.97 bits per heavy atom. The number of esters is 5. The predicted octanol–water partition coefficient (Wildman–Crippen LogP) is 5.32. The van der Waals surface area contributed by atoms with Gasteiger partial charge in [0.2, 0.25) is 6.10 Å². The first-order valence-electron chi connectivity index (χ1n) is 22.5. The number of hydrogen-bond donors (Lipinski definition) is 2. The van der Waals surface area contributed by atoms with Gasteiger partial charge in [0.15, 0.2) is 17.5 Å². The van der Waals surface area contributed by atoms with Crippen LogP contribution in [0.1, 0.15) is 86.7 Å². The van der Waals surface area contributed by atoms with Crippen LogP contribution in [-0.2, 0) is 61.9 Å². The Morgan fingerprint density at radius 2 is 1.43 bits per heavy atom. The highest BCUT2D eigenvalue weighted by atomic mass is 35.5. The fraction of sp³-hybridized carbons (Fsp3) is 0.451. The number of hydrogen-bond acceptors (Lipinski definition) is 17. The van der Waals surface area contributed by atoms with Crippen molar-refractivity contribution >= 4 is 58.6 Å². The fourth-order valence-electron chi connectivity index (χ4n) is 10.8. The number of ether oxygens (including phenoxy) is 8. The first-order chi connectivity index (χ1) is 33.1. The summed E-state index contributed by atoms with van der Waals surface area (Å²) >= 11 is 5.88. The molecule has 0 aromatic heterocycles. The third kappa shape index (κ3) is 9.32. The molecular formula is C51H54ClNO17. The van der Waals surface area contributed by atoms with Crippen LogP contribution < -0.4 is 5.32 Å². The number of ketones is 1. The van der Waals surface area contributed by atoms with E-state index in [1.165, 1.54) is 59.1 Å². The first-order valence-corrected chi connectivity index (χ1v) is 22.9. The lowest BCUT2D eigenvalue weighted by Gasteiger charge is -2.67. The summed E-state index contributed by atoms with van der Waals surface area (Å²) in [6.45, 7) is 7.03. The minimum absolute atomic E-state index is 0.00947. The van der Waals surface area contributed by atoms with Gasteiger partial charge >= 0.3 is 35.3 Å². The maximum absolute atomic E-state index is 15.9. The normalized spacial score (nSPS) is 29.4. The number of halogens is 1. The van der Waals surface area contributed by atoms with Crippen molar-refractivity contribution in [2.75, 3.05) is 20.3 Å². The van der Waals surface area contributed by atoms with Crippen LogP contribution in [0.2, 0.25) is 0 Å². The highest BCUT2D eigenvalue weighted by molar-refractivity contribution is 6.61. The van der Waals surface area contributed by atoms with Crippen molar-refractivity contribution < 1.29 is 81.4 Å². The molecule has 0 radical (unpaired) electrons. The molecule has 70 heavy (non-hydrogen) atoms. The van der Waals surface area contributed by atoms with Gasteiger partial charge < -0.3 is 48.3 Å². The first kappa shape index (κ1) is 51.4. The van der Waals surface area contributed by atoms with Crippen LogP contribution in [0.5, 0.6) is 0 Å². The Hall–Kier alpha value is -6.47. The van der Waals surface area contributed by atoms with Crippen molar-refractivity contribution in [2.24, 2.45) is 16.7 Å². The highest BCUT2D eigenvalue weighted by Crippen LogP contribution is 2.65. The zero-order valence-electron chi connectivity index (χ0n) is 39.5. The Balaban J connectivity index is 1.45. The third-order valence-electron chi connectivity index (χ3n) is 14.2. The number of benzene rings is 3. The second kappa shape index (κ2) is 20.1. The van der Waals surface area contributed by atoms with E-state index in [4.69, 9.17) is 49.5 Å². The van der Waals surface area contributed by atoms with Crippen molar-refractivity contribution in [1.82, 2.24) is 5.32 Å². The average Bonchev–Trinajstić information content (AvgIpc) is 3.31. The molecule has 1 heterocycles. The van der Waals surface area contributed by atoms with E-state index in [9.17, 15) is 33.9 Å². The van der Waals surface area contributed by atoms with Gasteiger partial charge in [0.05, 0.1) is 23.5 Å². The SMILES string of the molecule is COCC(=O)O[C@@H](C(=O)O[C@H]1C[C@@]2(O)[C@@H](OC(=O)c3ccccc3)[C@@H]3[C@]4(OC(C)=O)CO[C@@H]4C[C@H](OC(=O)Cl)[C@@]3(C)C(=O)[C@H](OC(C)=O)C(=C1C)C2(C)C)[C@@H](NC(=O)c1ccccc1)c1ccccc1. The van der Waals surface area contributed by atoms with Gasteiger partial charge in [-0.3, -0.25) is 19.2 Å². The molecule has 3 aromatic carbocycles. The maximum Gasteiger partial charge on any atom is 0.404 e. The highest BCUT2D eigenvalue weighted by Gasteiger charge is 2.79. The molecule has 372 valence electrons. The minimum atomic E-state index is -2.52. The molecule has 1 amide bonds. The van der Waals surface area contributed by atoms with E-state index < -0.39 is 137 Å². The van der Waals surface area contributed by atoms with Crippen molar-refractivity contribution in [3.8, 4) is 0 Å². The number of rotatable bonds is 14. The number of aliphatic hydroxyl groups is 1. The molecule has 3 fully saturated rings. The molecule has 4 aliphatic rings. The topological polar surface area (TPSA) is 243 Å². The largest absolute Gasteiger partial charge is 0.455 e. The number of amides is 1. The molecule has 11 atom stereocenters. The fourth-order valence-corrected chi connectivity index (χ4v) is 10.9. The van der Waals surface area contributed by atoms with Crippen molar-refractivity contribution in [1.29, 1.82) is 0 Å². The summed E-state index contributed by atoms with van der Waals surface area (Å²) in [5, 5.41) is 16.8. The number of fused-ring (bicyclic) bond motifs is 5. The number of carbonyl (C=O) groups is 8. The summed E-state index contributed by atoms with van der Waals surface area (Å²) in [5.41, 5.74) is -9.18. The molecule has 2 N–H and O–H groups in total. The summed E-state index contributed by atoms with van der Waals surface area (Å²) in [6.07, 6.45) is -11.1. The molecule has 3 aliphatic carbocycles. The van der Waals surface area contributed by atoms with Gasteiger partial charge in [0, 0.05) is 56.4 Å². The van der Waals surface area contributed by atoms with E-state index in [1.807, 2.05) is 0 Å². The molecule has 18 nitrogen and oxygen atoms in total. The lowest BCUT2D eigenvalue weighted by molar-refractivity contribution is -0.345. The smallest absolute Gasteiger partial charge is 0.404 e. The zero-order valence-corrected chi connectivity index (χ0v) is 40.2. The lowest BCUT2D eigenvalue weighted by Crippen LogP contribution is -2.82. The second-order valence-corrected chi connectivity index (χ2v) is 18.9. The number of nitrogens with one attached hydrogen (secondary N) is 1. The van der Waals surface area contributed by atoms with E-state index in [0.29, 0.717) is 5.56 Å². The van der Waals surface area contributed by atoms with Crippen LogP contribution in [0.4, 0.5) is 4.79 Å². The van der Waals surface area contributed by atoms with E-state index in [1.54, 1.807) is 66.7 Å². The van der Waals surface area contributed by atoms with E-state index in [0.717, 1.165) is 13.8 Å². The average molecular weight is 988 g/mol. The standard InChI is InChI=1S/C51H54ClNO17/c1-27-33(66-46(60)40(68-36(56)25-63-7)38(30-17-11-8-12-18-30)53-44(58)31-19-13-9-14-20-31)24-51(62)43(69-45(59)32-21-15-10-16-22-32)41-49(6,42(57)39(65-28(2)54)37(27)48(51,4)5)34(67-47(52)61)23-35-50(41,26-64-35)70-29(3)55/h8-22,33-35,38-41,43,62H,23-26H2,1-7H3,(H,53,58)/t33-,34-,35+,38-,39+,40+,41-,43-,49+,50-,51+/m0/s1. The molecular weight excluding hydrogens is 934 g/mol. The van der Waals surface area contributed by atoms with Crippen molar-refractivity contribution in [3.63, 3.8) is 0 Å². The number of Topliss-reactive ketones (excluding diaryl/α,β-unsaturated/α-hetero) is 1. The Kier molecular flexibility index (Phi) is 14.8. The molecule has 7 rings (SSSR count).